The number of ether oxygens (including phenoxy) is 1. The maximum atomic E-state index is 11.0. The van der Waals surface area contributed by atoms with Crippen molar-refractivity contribution in [1.29, 1.82) is 0 Å². The molecule has 1 heterocycles. The molecular weight excluding hydrogens is 316 g/mol. The molecule has 0 bridgehead atoms. The molecule has 0 saturated carbocycles. The number of halogens is 1. The van der Waals surface area contributed by atoms with E-state index in [1.165, 1.54) is 7.11 Å². The highest BCUT2D eigenvalue weighted by molar-refractivity contribution is 6.29. The van der Waals surface area contributed by atoms with Gasteiger partial charge in [0.1, 0.15) is 5.15 Å². The Hall–Kier alpha value is -1.82. The van der Waals surface area contributed by atoms with Crippen LogP contribution in [0.15, 0.2) is 23.3 Å². The zero-order valence-electron chi connectivity index (χ0n) is 13.8. The van der Waals surface area contributed by atoms with E-state index < -0.39 is 0 Å². The van der Waals surface area contributed by atoms with Gasteiger partial charge >= 0.3 is 5.97 Å². The van der Waals surface area contributed by atoms with Crippen molar-refractivity contribution in [2.24, 2.45) is 4.99 Å². The molecular formula is C16H25ClN4O2. The Morgan fingerprint density at radius 2 is 2.17 bits per heavy atom. The van der Waals surface area contributed by atoms with Crippen molar-refractivity contribution >= 4 is 23.5 Å². The van der Waals surface area contributed by atoms with E-state index >= 15 is 0 Å². The largest absolute Gasteiger partial charge is 0.469 e. The van der Waals surface area contributed by atoms with E-state index in [4.69, 9.17) is 11.6 Å². The number of nitrogens with one attached hydrogen (secondary N) is 2. The molecule has 0 amide bonds. The van der Waals surface area contributed by atoms with Crippen molar-refractivity contribution in [3.63, 3.8) is 0 Å². The molecule has 0 atom stereocenters. The molecule has 0 aromatic carbocycles. The lowest BCUT2D eigenvalue weighted by molar-refractivity contribution is -0.140. The molecule has 1 rings (SSSR count). The molecule has 0 radical (unpaired) electrons. The van der Waals surface area contributed by atoms with Gasteiger partial charge in [-0.2, -0.15) is 0 Å². The van der Waals surface area contributed by atoms with E-state index in [1.54, 1.807) is 12.3 Å². The fourth-order valence-corrected chi connectivity index (χ4v) is 2.01. The molecule has 23 heavy (non-hydrogen) atoms. The van der Waals surface area contributed by atoms with Crippen LogP contribution in [0.1, 0.15) is 31.7 Å². The van der Waals surface area contributed by atoms with Crippen molar-refractivity contribution in [3.8, 4) is 0 Å². The second-order valence-corrected chi connectivity index (χ2v) is 5.35. The van der Waals surface area contributed by atoms with Crippen LogP contribution in [0.5, 0.6) is 0 Å². The second kappa shape index (κ2) is 11.7. The number of pyridine rings is 1. The minimum atomic E-state index is -0.171. The lowest BCUT2D eigenvalue weighted by Gasteiger charge is -2.11. The van der Waals surface area contributed by atoms with Crippen molar-refractivity contribution < 1.29 is 9.53 Å². The third-order valence-corrected chi connectivity index (χ3v) is 3.35. The Kier molecular flexibility index (Phi) is 9.79. The number of hydrogen-bond acceptors (Lipinski definition) is 4. The molecule has 0 spiro atoms. The fourth-order valence-electron chi connectivity index (χ4n) is 1.90. The number of carbonyl (C=O) groups excluding carboxylic acids is 1. The number of guanidine groups is 1. The van der Waals surface area contributed by atoms with E-state index in [-0.39, 0.29) is 5.97 Å². The Bertz CT molecular complexity index is 491. The van der Waals surface area contributed by atoms with Gasteiger partial charge in [-0.3, -0.25) is 9.79 Å². The standard InChI is InChI=1S/C16H25ClN4O2/c1-3-18-16(19-10-5-4-6-15(22)23-2)20-11-9-13-7-8-14(17)21-12-13/h7-8,12H,3-6,9-11H2,1-2H3,(H2,18,19,20). The average Bonchev–Trinajstić information content (AvgIpc) is 2.56. The first-order valence-corrected chi connectivity index (χ1v) is 8.23. The minimum absolute atomic E-state index is 0.171. The van der Waals surface area contributed by atoms with Gasteiger partial charge < -0.3 is 15.4 Å². The Morgan fingerprint density at radius 3 is 2.83 bits per heavy atom. The van der Waals surface area contributed by atoms with Crippen molar-refractivity contribution in [3.05, 3.63) is 29.0 Å². The van der Waals surface area contributed by atoms with Crippen LogP contribution < -0.4 is 10.6 Å². The Morgan fingerprint density at radius 1 is 1.35 bits per heavy atom. The second-order valence-electron chi connectivity index (χ2n) is 4.96. The van der Waals surface area contributed by atoms with Crippen LogP contribution in [-0.4, -0.2) is 43.7 Å². The van der Waals surface area contributed by atoms with Gasteiger partial charge in [-0.1, -0.05) is 17.7 Å². The maximum Gasteiger partial charge on any atom is 0.305 e. The van der Waals surface area contributed by atoms with Gasteiger partial charge in [0.25, 0.3) is 0 Å². The molecule has 0 aliphatic heterocycles. The van der Waals surface area contributed by atoms with Crippen LogP contribution in [0.2, 0.25) is 5.15 Å². The number of hydrogen-bond donors (Lipinski definition) is 2. The van der Waals surface area contributed by atoms with E-state index in [1.807, 2.05) is 13.0 Å². The topological polar surface area (TPSA) is 75.6 Å². The van der Waals surface area contributed by atoms with Crippen molar-refractivity contribution in [2.45, 2.75) is 32.6 Å². The predicted octanol–water partition coefficient (Wildman–Crippen LogP) is 2.18. The predicted molar refractivity (Wildman–Crippen MR) is 92.8 cm³/mol. The van der Waals surface area contributed by atoms with Gasteiger partial charge in [0.2, 0.25) is 0 Å². The third-order valence-electron chi connectivity index (χ3n) is 3.13. The zero-order valence-corrected chi connectivity index (χ0v) is 14.5. The Balaban J connectivity index is 2.28. The van der Waals surface area contributed by atoms with Gasteiger partial charge in [-0.05, 0) is 37.8 Å². The number of unbranched alkanes of at least 4 members (excludes halogenated alkanes) is 1. The van der Waals surface area contributed by atoms with Gasteiger partial charge in [0.15, 0.2) is 5.96 Å². The van der Waals surface area contributed by atoms with Crippen molar-refractivity contribution in [1.82, 2.24) is 15.6 Å². The summed E-state index contributed by atoms with van der Waals surface area (Å²) in [6, 6.07) is 3.76. The molecule has 0 aliphatic carbocycles. The summed E-state index contributed by atoms with van der Waals surface area (Å²) in [5.41, 5.74) is 1.12. The van der Waals surface area contributed by atoms with Crippen LogP contribution >= 0.6 is 11.6 Å². The highest BCUT2D eigenvalue weighted by Crippen LogP contribution is 2.05. The van der Waals surface area contributed by atoms with E-state index in [9.17, 15) is 4.79 Å². The van der Waals surface area contributed by atoms with Gasteiger partial charge in [-0.25, -0.2) is 4.98 Å². The molecule has 1 aromatic rings. The van der Waals surface area contributed by atoms with E-state index in [2.05, 4.69) is 25.3 Å². The molecule has 7 heteroatoms. The molecule has 0 aliphatic rings. The summed E-state index contributed by atoms with van der Waals surface area (Å²) >= 11 is 5.76. The average molecular weight is 341 g/mol. The lowest BCUT2D eigenvalue weighted by Crippen LogP contribution is -2.38. The fraction of sp³-hybridized carbons (Fsp3) is 0.562. The highest BCUT2D eigenvalue weighted by atomic mass is 35.5. The summed E-state index contributed by atoms with van der Waals surface area (Å²) in [5, 5.41) is 6.98. The SMILES string of the molecule is CCNC(=NCCCCC(=O)OC)NCCc1ccc(Cl)nc1. The van der Waals surface area contributed by atoms with Gasteiger partial charge in [-0.15, -0.1) is 0 Å². The van der Waals surface area contributed by atoms with Crippen LogP contribution in [0.4, 0.5) is 0 Å². The van der Waals surface area contributed by atoms with Gasteiger partial charge in [0, 0.05) is 32.3 Å². The first kappa shape index (κ1) is 19.2. The number of methoxy groups -OCH3 is 1. The number of aromatic nitrogens is 1. The first-order chi connectivity index (χ1) is 11.2. The number of rotatable bonds is 9. The Labute approximate surface area is 142 Å². The lowest BCUT2D eigenvalue weighted by atomic mass is 10.2. The van der Waals surface area contributed by atoms with E-state index in [0.717, 1.165) is 43.9 Å². The summed E-state index contributed by atoms with van der Waals surface area (Å²) in [7, 11) is 1.41. The van der Waals surface area contributed by atoms with Crippen LogP contribution in [-0.2, 0) is 16.0 Å². The molecule has 2 N–H and O–H groups in total. The third kappa shape index (κ3) is 9.03. The number of nitrogens with zero attached hydrogens (tertiary/aromatic N) is 2. The molecule has 1 aromatic heterocycles. The van der Waals surface area contributed by atoms with Crippen LogP contribution in [0.3, 0.4) is 0 Å². The first-order valence-electron chi connectivity index (χ1n) is 7.85. The normalized spacial score (nSPS) is 11.2. The number of esters is 1. The number of aliphatic imine (C=N–C) groups is 1. The summed E-state index contributed by atoms with van der Waals surface area (Å²) in [6.45, 7) is 4.26. The molecule has 6 nitrogen and oxygen atoms in total. The number of carbonyl (C=O) groups is 1. The van der Waals surface area contributed by atoms with E-state index in [0.29, 0.717) is 18.1 Å². The summed E-state index contributed by atoms with van der Waals surface area (Å²) < 4.78 is 4.61. The van der Waals surface area contributed by atoms with Crippen LogP contribution in [0, 0.1) is 0 Å². The smallest absolute Gasteiger partial charge is 0.305 e. The molecule has 128 valence electrons. The minimum Gasteiger partial charge on any atom is -0.469 e. The van der Waals surface area contributed by atoms with Gasteiger partial charge in [0.05, 0.1) is 7.11 Å². The van der Waals surface area contributed by atoms with Crippen molar-refractivity contribution in [2.75, 3.05) is 26.7 Å². The molecule has 0 saturated heterocycles. The molecule has 0 fully saturated rings. The molecule has 0 unspecified atom stereocenters. The summed E-state index contributed by atoms with van der Waals surface area (Å²) in [4.78, 5) is 19.6. The highest BCUT2D eigenvalue weighted by Gasteiger charge is 2.00. The quantitative estimate of drug-likeness (QED) is 0.237. The van der Waals surface area contributed by atoms with Crippen LogP contribution in [0.25, 0.3) is 0 Å². The summed E-state index contributed by atoms with van der Waals surface area (Å²) in [6.07, 6.45) is 4.70. The monoisotopic (exact) mass is 340 g/mol. The summed E-state index contributed by atoms with van der Waals surface area (Å²) in [5.74, 6) is 0.614. The zero-order chi connectivity index (χ0) is 16.9. The maximum absolute atomic E-state index is 11.0.